The summed E-state index contributed by atoms with van der Waals surface area (Å²) in [6, 6.07) is 7.86. The van der Waals surface area contributed by atoms with Crippen molar-refractivity contribution >= 4 is 11.6 Å². The van der Waals surface area contributed by atoms with E-state index in [0.717, 1.165) is 30.8 Å². The maximum Gasteiger partial charge on any atom is 0.238 e. The fraction of sp³-hybridized carbons (Fsp3) is 0.588. The van der Waals surface area contributed by atoms with Crippen molar-refractivity contribution in [2.24, 2.45) is 11.1 Å². The van der Waals surface area contributed by atoms with E-state index in [4.69, 9.17) is 5.73 Å². The summed E-state index contributed by atoms with van der Waals surface area (Å²) in [6.45, 7) is 11.2. The molecule has 21 heavy (non-hydrogen) atoms. The molecule has 4 nitrogen and oxygen atoms in total. The zero-order valence-corrected chi connectivity index (χ0v) is 13.8. The molecule has 3 N–H and O–H groups in total. The van der Waals surface area contributed by atoms with Gasteiger partial charge in [-0.2, -0.15) is 0 Å². The molecule has 1 aromatic carbocycles. The maximum absolute atomic E-state index is 12.2. The lowest BCUT2D eigenvalue weighted by atomic mass is 9.93. The van der Waals surface area contributed by atoms with E-state index >= 15 is 0 Å². The van der Waals surface area contributed by atoms with Gasteiger partial charge in [-0.3, -0.25) is 9.69 Å². The van der Waals surface area contributed by atoms with E-state index in [1.165, 1.54) is 0 Å². The number of carbonyl (C=O) groups excluding carboxylic acids is 1. The number of rotatable bonds is 8. The smallest absolute Gasteiger partial charge is 0.238 e. The highest BCUT2D eigenvalue weighted by atomic mass is 16.2. The van der Waals surface area contributed by atoms with Crippen LogP contribution in [0.4, 0.5) is 5.69 Å². The number of benzene rings is 1. The Morgan fingerprint density at radius 1 is 1.38 bits per heavy atom. The molecular weight excluding hydrogens is 262 g/mol. The van der Waals surface area contributed by atoms with Crippen LogP contribution in [0.25, 0.3) is 0 Å². The first-order chi connectivity index (χ1) is 9.86. The zero-order valence-electron chi connectivity index (χ0n) is 13.8. The first kappa shape index (κ1) is 17.7. The topological polar surface area (TPSA) is 58.4 Å². The van der Waals surface area contributed by atoms with Gasteiger partial charge in [0.25, 0.3) is 0 Å². The molecule has 0 aliphatic heterocycles. The normalized spacial score (nSPS) is 11.7. The molecule has 4 heteroatoms. The first-order valence-electron chi connectivity index (χ1n) is 7.65. The first-order valence-corrected chi connectivity index (χ1v) is 7.65. The minimum absolute atomic E-state index is 0.0266. The Balaban J connectivity index is 2.60. The van der Waals surface area contributed by atoms with Gasteiger partial charge in [0.15, 0.2) is 0 Å². The second-order valence-electron chi connectivity index (χ2n) is 6.50. The fourth-order valence-electron chi connectivity index (χ4n) is 2.33. The summed E-state index contributed by atoms with van der Waals surface area (Å²) >= 11 is 0. The van der Waals surface area contributed by atoms with Crippen LogP contribution >= 0.6 is 0 Å². The zero-order chi connectivity index (χ0) is 15.9. The molecule has 0 saturated heterocycles. The predicted octanol–water partition coefficient (Wildman–Crippen LogP) is 2.63. The average molecular weight is 291 g/mol. The summed E-state index contributed by atoms with van der Waals surface area (Å²) in [5.74, 6) is 0.0295. The Labute approximate surface area is 128 Å². The number of nitrogens with one attached hydrogen (secondary N) is 1. The minimum atomic E-state index is 0.0266. The van der Waals surface area contributed by atoms with Crippen molar-refractivity contribution in [2.75, 3.05) is 31.5 Å². The van der Waals surface area contributed by atoms with Crippen LogP contribution in [0.5, 0.6) is 0 Å². The minimum Gasteiger partial charge on any atom is -0.330 e. The molecule has 0 radical (unpaired) electrons. The van der Waals surface area contributed by atoms with Gasteiger partial charge in [-0.1, -0.05) is 32.9 Å². The summed E-state index contributed by atoms with van der Waals surface area (Å²) in [6.07, 6.45) is 1.03. The Morgan fingerprint density at radius 3 is 2.67 bits per heavy atom. The van der Waals surface area contributed by atoms with Crippen LogP contribution in [0, 0.1) is 12.3 Å². The van der Waals surface area contributed by atoms with Crippen molar-refractivity contribution in [3.63, 3.8) is 0 Å². The van der Waals surface area contributed by atoms with Gasteiger partial charge in [-0.25, -0.2) is 0 Å². The second-order valence-corrected chi connectivity index (χ2v) is 6.50. The third-order valence-electron chi connectivity index (χ3n) is 3.41. The molecule has 0 heterocycles. The largest absolute Gasteiger partial charge is 0.330 e. The summed E-state index contributed by atoms with van der Waals surface area (Å²) in [4.78, 5) is 14.4. The standard InChI is InChI=1S/C17H29N3O/c1-5-9-20(13-17(3,4)12-18)11-16(21)19-15-8-6-7-14(2)10-15/h6-8,10H,5,9,11-13,18H2,1-4H3,(H,19,21). The quantitative estimate of drug-likeness (QED) is 0.774. The Kier molecular flexibility index (Phi) is 6.85. The van der Waals surface area contributed by atoms with Crippen molar-refractivity contribution in [3.8, 4) is 0 Å². The second kappa shape index (κ2) is 8.15. The van der Waals surface area contributed by atoms with Crippen LogP contribution in [-0.2, 0) is 4.79 Å². The van der Waals surface area contributed by atoms with E-state index in [1.807, 2.05) is 31.2 Å². The number of aryl methyl sites for hydroxylation is 1. The van der Waals surface area contributed by atoms with E-state index in [-0.39, 0.29) is 11.3 Å². The molecule has 1 amide bonds. The molecule has 0 aliphatic rings. The molecule has 118 valence electrons. The predicted molar refractivity (Wildman–Crippen MR) is 89.4 cm³/mol. The molecule has 0 fully saturated rings. The SMILES string of the molecule is CCCN(CC(=O)Nc1cccc(C)c1)CC(C)(C)CN. The van der Waals surface area contributed by atoms with Crippen molar-refractivity contribution in [3.05, 3.63) is 29.8 Å². The Morgan fingerprint density at radius 2 is 2.10 bits per heavy atom. The highest BCUT2D eigenvalue weighted by Gasteiger charge is 2.21. The van der Waals surface area contributed by atoms with Crippen LogP contribution in [-0.4, -0.2) is 37.0 Å². The van der Waals surface area contributed by atoms with Gasteiger partial charge in [-0.15, -0.1) is 0 Å². The molecule has 0 unspecified atom stereocenters. The molecular formula is C17H29N3O. The molecule has 1 rings (SSSR count). The van der Waals surface area contributed by atoms with Gasteiger partial charge in [0.2, 0.25) is 5.91 Å². The summed E-state index contributed by atoms with van der Waals surface area (Å²) in [5.41, 5.74) is 7.82. The molecule has 0 aliphatic carbocycles. The molecule has 0 atom stereocenters. The lowest BCUT2D eigenvalue weighted by molar-refractivity contribution is -0.117. The number of nitrogens with two attached hydrogens (primary N) is 1. The third kappa shape index (κ3) is 6.74. The van der Waals surface area contributed by atoms with Gasteiger partial charge < -0.3 is 11.1 Å². The molecule has 0 aromatic heterocycles. The maximum atomic E-state index is 12.2. The average Bonchev–Trinajstić information content (AvgIpc) is 2.38. The van der Waals surface area contributed by atoms with Crippen molar-refractivity contribution in [2.45, 2.75) is 34.1 Å². The van der Waals surface area contributed by atoms with E-state index in [1.54, 1.807) is 0 Å². The van der Waals surface area contributed by atoms with Gasteiger partial charge in [0.1, 0.15) is 0 Å². The number of hydrogen-bond donors (Lipinski definition) is 2. The number of carbonyl (C=O) groups is 1. The van der Waals surface area contributed by atoms with E-state index < -0.39 is 0 Å². The fourth-order valence-corrected chi connectivity index (χ4v) is 2.33. The molecule has 1 aromatic rings. The van der Waals surface area contributed by atoms with E-state index in [2.05, 4.69) is 31.0 Å². The van der Waals surface area contributed by atoms with Crippen molar-refractivity contribution in [1.82, 2.24) is 4.90 Å². The van der Waals surface area contributed by atoms with Gasteiger partial charge in [0, 0.05) is 12.2 Å². The van der Waals surface area contributed by atoms with Gasteiger partial charge in [-0.05, 0) is 49.5 Å². The Bertz CT molecular complexity index is 457. The number of amides is 1. The number of hydrogen-bond acceptors (Lipinski definition) is 3. The van der Waals surface area contributed by atoms with Crippen LogP contribution < -0.4 is 11.1 Å². The lowest BCUT2D eigenvalue weighted by Gasteiger charge is -2.31. The van der Waals surface area contributed by atoms with E-state index in [0.29, 0.717) is 13.1 Å². The van der Waals surface area contributed by atoms with Crippen molar-refractivity contribution in [1.29, 1.82) is 0 Å². The van der Waals surface area contributed by atoms with Crippen LogP contribution in [0.15, 0.2) is 24.3 Å². The highest BCUT2D eigenvalue weighted by molar-refractivity contribution is 5.92. The molecule has 0 saturated carbocycles. The number of anilines is 1. The highest BCUT2D eigenvalue weighted by Crippen LogP contribution is 2.15. The van der Waals surface area contributed by atoms with Crippen molar-refractivity contribution < 1.29 is 4.79 Å². The monoisotopic (exact) mass is 291 g/mol. The van der Waals surface area contributed by atoms with Crippen LogP contribution in [0.2, 0.25) is 0 Å². The summed E-state index contributed by atoms with van der Waals surface area (Å²) in [5, 5.41) is 2.96. The lowest BCUT2D eigenvalue weighted by Crippen LogP contribution is -2.42. The summed E-state index contributed by atoms with van der Waals surface area (Å²) in [7, 11) is 0. The molecule has 0 spiro atoms. The summed E-state index contributed by atoms with van der Waals surface area (Å²) < 4.78 is 0. The number of nitrogens with zero attached hydrogens (tertiary/aromatic N) is 1. The van der Waals surface area contributed by atoms with Crippen LogP contribution in [0.1, 0.15) is 32.8 Å². The van der Waals surface area contributed by atoms with Crippen LogP contribution in [0.3, 0.4) is 0 Å². The third-order valence-corrected chi connectivity index (χ3v) is 3.41. The van der Waals surface area contributed by atoms with Gasteiger partial charge in [0.05, 0.1) is 6.54 Å². The van der Waals surface area contributed by atoms with E-state index in [9.17, 15) is 4.79 Å². The molecule has 0 bridgehead atoms. The van der Waals surface area contributed by atoms with Gasteiger partial charge >= 0.3 is 0 Å². The Hall–Kier alpha value is -1.39.